The van der Waals surface area contributed by atoms with Gasteiger partial charge in [0.2, 0.25) is 0 Å². The van der Waals surface area contributed by atoms with E-state index >= 15 is 0 Å². The van der Waals surface area contributed by atoms with E-state index in [9.17, 15) is 14.0 Å². The molecule has 4 rings (SSSR count). The van der Waals surface area contributed by atoms with E-state index in [2.05, 4.69) is 5.32 Å². The lowest BCUT2D eigenvalue weighted by atomic mass is 9.92. The number of nitrogens with one attached hydrogen (secondary N) is 1. The lowest BCUT2D eigenvalue weighted by Crippen LogP contribution is -2.30. The Kier molecular flexibility index (Phi) is 5.72. The first kappa shape index (κ1) is 20.6. The number of amides is 1. The quantitative estimate of drug-likeness (QED) is 0.610. The number of rotatable bonds is 3. The van der Waals surface area contributed by atoms with E-state index in [1.807, 2.05) is 36.4 Å². The molecule has 31 heavy (non-hydrogen) atoms. The summed E-state index contributed by atoms with van der Waals surface area (Å²) in [7, 11) is 0. The van der Waals surface area contributed by atoms with Crippen LogP contribution in [0, 0.1) is 0 Å². The fourth-order valence-electron chi connectivity index (χ4n) is 3.61. The molecule has 0 radical (unpaired) electrons. The molecular weight excluding hydrogens is 415 g/mol. The number of halogens is 2. The van der Waals surface area contributed by atoms with Gasteiger partial charge in [-0.3, -0.25) is 9.69 Å². The summed E-state index contributed by atoms with van der Waals surface area (Å²) in [4.78, 5) is 26.6. The summed E-state index contributed by atoms with van der Waals surface area (Å²) in [5.41, 5.74) is 3.09. The number of hydrogen-bond donors (Lipinski definition) is 1. The third kappa shape index (κ3) is 3.89. The first-order valence-corrected chi connectivity index (χ1v) is 10.0. The highest BCUT2D eigenvalue weighted by Crippen LogP contribution is 2.38. The average molecular weight is 433 g/mol. The van der Waals surface area contributed by atoms with E-state index in [0.29, 0.717) is 16.4 Å². The van der Waals surface area contributed by atoms with Crippen molar-refractivity contribution in [2.75, 3.05) is 10.2 Å². The number of hydrogen-bond acceptors (Lipinski definition) is 3. The van der Waals surface area contributed by atoms with Gasteiger partial charge in [-0.15, -0.1) is 0 Å². The molecule has 154 valence electrons. The zero-order valence-electron chi connectivity index (χ0n) is 16.6. The summed E-state index contributed by atoms with van der Waals surface area (Å²) in [6, 6.07) is 12.5. The fraction of sp³-hybridized carbons (Fsp3) is 0.0800. The van der Waals surface area contributed by atoms with Gasteiger partial charge in [-0.05, 0) is 61.1 Å². The standard InChI is InChI=1S/C25H18ClFN2O2/c1-16-19(11-12-22(27)21(16)15-30)25(31)29(18-7-4-6-17(26)14-18)24-10-5-9-23-20(24)8-2-3-13-28-23/h2-14,22,28H,1H3. The van der Waals surface area contributed by atoms with Gasteiger partial charge in [0.05, 0.1) is 16.9 Å². The fourth-order valence-corrected chi connectivity index (χ4v) is 3.80. The Bertz CT molecular complexity index is 1240. The molecule has 1 heterocycles. The van der Waals surface area contributed by atoms with Gasteiger partial charge >= 0.3 is 0 Å². The summed E-state index contributed by atoms with van der Waals surface area (Å²) >= 11 is 6.22. The molecule has 6 heteroatoms. The van der Waals surface area contributed by atoms with Gasteiger partial charge in [-0.1, -0.05) is 35.9 Å². The monoisotopic (exact) mass is 432 g/mol. The Labute approximate surface area is 184 Å². The third-order valence-electron chi connectivity index (χ3n) is 5.16. The highest BCUT2D eigenvalue weighted by molar-refractivity contribution is 6.31. The first-order chi connectivity index (χ1) is 15.0. The number of anilines is 3. The van der Waals surface area contributed by atoms with Crippen LogP contribution in [0.5, 0.6) is 0 Å². The third-order valence-corrected chi connectivity index (χ3v) is 5.39. The maximum Gasteiger partial charge on any atom is 0.263 e. The highest BCUT2D eigenvalue weighted by Gasteiger charge is 2.29. The number of allylic oxidation sites excluding steroid dienone is 5. The van der Waals surface area contributed by atoms with Crippen molar-refractivity contribution in [3.8, 4) is 0 Å². The molecule has 0 fully saturated rings. The van der Waals surface area contributed by atoms with Crippen LogP contribution in [0.4, 0.5) is 21.5 Å². The van der Waals surface area contributed by atoms with Gasteiger partial charge in [0.1, 0.15) is 5.94 Å². The Morgan fingerprint density at radius 3 is 2.74 bits per heavy atom. The summed E-state index contributed by atoms with van der Waals surface area (Å²) in [6.45, 7) is 1.55. The SMILES string of the molecule is CC1=C(C(=O)N(c2cccc(Cl)c2)c2cccc3c2C=CC=CN3)C=CC(F)C1=C=O. The Morgan fingerprint density at radius 1 is 1.16 bits per heavy atom. The Morgan fingerprint density at radius 2 is 1.97 bits per heavy atom. The zero-order valence-corrected chi connectivity index (χ0v) is 17.4. The van der Waals surface area contributed by atoms with Crippen molar-refractivity contribution in [2.45, 2.75) is 13.1 Å². The van der Waals surface area contributed by atoms with Crippen LogP contribution in [0.15, 0.2) is 89.7 Å². The minimum absolute atomic E-state index is 0.172. The number of benzene rings is 2. The summed E-state index contributed by atoms with van der Waals surface area (Å²) in [5, 5.41) is 3.66. The van der Waals surface area contributed by atoms with Gasteiger partial charge in [0, 0.05) is 28.0 Å². The molecule has 0 spiro atoms. The molecule has 1 amide bonds. The van der Waals surface area contributed by atoms with Crippen LogP contribution in [0.3, 0.4) is 0 Å². The van der Waals surface area contributed by atoms with Crippen LogP contribution >= 0.6 is 11.6 Å². The van der Waals surface area contributed by atoms with Crippen LogP contribution in [0.1, 0.15) is 12.5 Å². The molecule has 1 aliphatic carbocycles. The summed E-state index contributed by atoms with van der Waals surface area (Å²) < 4.78 is 14.1. The molecule has 0 saturated carbocycles. The largest absolute Gasteiger partial charge is 0.361 e. The molecule has 1 atom stereocenters. The number of fused-ring (bicyclic) bond motifs is 1. The predicted molar refractivity (Wildman–Crippen MR) is 123 cm³/mol. The molecule has 0 aromatic heterocycles. The van der Waals surface area contributed by atoms with Crippen LogP contribution in [0.25, 0.3) is 6.08 Å². The maximum atomic E-state index is 14.1. The van der Waals surface area contributed by atoms with Crippen molar-refractivity contribution >= 4 is 46.6 Å². The van der Waals surface area contributed by atoms with Gasteiger partial charge < -0.3 is 5.32 Å². The number of carbonyl (C=O) groups is 1. The first-order valence-electron chi connectivity index (χ1n) is 9.62. The van der Waals surface area contributed by atoms with Gasteiger partial charge in [-0.2, -0.15) is 0 Å². The maximum absolute atomic E-state index is 14.1. The summed E-state index contributed by atoms with van der Waals surface area (Å²) in [5.74, 6) is 1.23. The normalized spacial score (nSPS) is 17.0. The number of alkyl halides is 1. The van der Waals surface area contributed by atoms with E-state index in [1.54, 1.807) is 43.3 Å². The second-order valence-corrected chi connectivity index (χ2v) is 7.47. The smallest absolute Gasteiger partial charge is 0.263 e. The Hall–Kier alpha value is -3.66. The van der Waals surface area contributed by atoms with E-state index in [1.165, 1.54) is 17.1 Å². The minimum Gasteiger partial charge on any atom is -0.361 e. The van der Waals surface area contributed by atoms with Crippen LogP contribution in [-0.2, 0) is 9.59 Å². The molecular formula is C25H18ClFN2O2. The van der Waals surface area contributed by atoms with Crippen molar-refractivity contribution in [1.82, 2.24) is 0 Å². The van der Waals surface area contributed by atoms with E-state index in [0.717, 1.165) is 11.3 Å². The second kappa shape index (κ2) is 8.60. The second-order valence-electron chi connectivity index (χ2n) is 7.04. The van der Waals surface area contributed by atoms with Crippen molar-refractivity contribution in [3.63, 3.8) is 0 Å². The van der Waals surface area contributed by atoms with Crippen LogP contribution in [0.2, 0.25) is 5.02 Å². The van der Waals surface area contributed by atoms with Crippen LogP contribution < -0.4 is 10.2 Å². The minimum atomic E-state index is -1.58. The van der Waals surface area contributed by atoms with Crippen molar-refractivity contribution in [1.29, 1.82) is 0 Å². The predicted octanol–water partition coefficient (Wildman–Crippen LogP) is 5.94. The summed E-state index contributed by atoms with van der Waals surface area (Å²) in [6.07, 6.45) is 8.45. The van der Waals surface area contributed by atoms with Crippen LogP contribution in [-0.4, -0.2) is 18.0 Å². The van der Waals surface area contributed by atoms with E-state index in [-0.39, 0.29) is 16.7 Å². The topological polar surface area (TPSA) is 49.4 Å². The van der Waals surface area contributed by atoms with Gasteiger partial charge in [0.15, 0.2) is 6.17 Å². The van der Waals surface area contributed by atoms with Crippen molar-refractivity contribution in [3.05, 3.63) is 100 Å². The lowest BCUT2D eigenvalue weighted by Gasteiger charge is -2.28. The Balaban J connectivity index is 1.93. The highest BCUT2D eigenvalue weighted by atomic mass is 35.5. The molecule has 1 aliphatic heterocycles. The average Bonchev–Trinajstić information content (AvgIpc) is 3.00. The lowest BCUT2D eigenvalue weighted by molar-refractivity contribution is -0.114. The zero-order chi connectivity index (χ0) is 22.0. The van der Waals surface area contributed by atoms with E-state index in [4.69, 9.17) is 11.6 Å². The number of carbonyl (C=O) groups excluding carboxylic acids is 2. The van der Waals surface area contributed by atoms with E-state index < -0.39 is 12.1 Å². The molecule has 2 aromatic carbocycles. The van der Waals surface area contributed by atoms with Crippen molar-refractivity contribution < 1.29 is 14.0 Å². The van der Waals surface area contributed by atoms with Crippen molar-refractivity contribution in [2.24, 2.45) is 0 Å². The molecule has 0 saturated heterocycles. The number of nitrogens with zero attached hydrogens (tertiary/aromatic N) is 1. The van der Waals surface area contributed by atoms with Gasteiger partial charge in [0.25, 0.3) is 5.91 Å². The molecule has 2 aromatic rings. The van der Waals surface area contributed by atoms with Gasteiger partial charge in [-0.25, -0.2) is 9.18 Å². The molecule has 0 bridgehead atoms. The molecule has 2 aliphatic rings. The molecule has 1 unspecified atom stereocenters. The molecule has 4 nitrogen and oxygen atoms in total. The molecule has 1 N–H and O–H groups in total.